The Balaban J connectivity index is 1.48. The number of carbonyl (C=O) groups excluding carboxylic acids is 4. The van der Waals surface area contributed by atoms with Gasteiger partial charge in [-0.2, -0.15) is 0 Å². The smallest absolute Gasteiger partial charge is 0.508 e. The lowest BCUT2D eigenvalue weighted by Gasteiger charge is -2.49. The highest BCUT2D eigenvalue weighted by atomic mass is 35.5. The van der Waals surface area contributed by atoms with Crippen LogP contribution in [0, 0.1) is 34.9 Å². The average molecular weight is 679 g/mol. The Kier molecular flexibility index (Phi) is 7.85. The van der Waals surface area contributed by atoms with E-state index in [4.69, 9.17) is 16.7 Å². The van der Waals surface area contributed by atoms with Crippen LogP contribution in [-0.4, -0.2) is 57.6 Å². The minimum atomic E-state index is -5.09. The summed E-state index contributed by atoms with van der Waals surface area (Å²) in [7, 11) is 0. The molecule has 0 bridgehead atoms. The highest BCUT2D eigenvalue weighted by Gasteiger charge is 2.68. The molecular formula is C32H27ClF4N2O8. The molecule has 15 heteroatoms. The zero-order valence-electron chi connectivity index (χ0n) is 24.6. The highest BCUT2D eigenvalue weighted by Crippen LogP contribution is 2.64. The minimum Gasteiger partial charge on any atom is -0.508 e. The van der Waals surface area contributed by atoms with Crippen molar-refractivity contribution in [3.8, 4) is 11.5 Å². The molecular weight excluding hydrogens is 652 g/mol. The van der Waals surface area contributed by atoms with Crippen molar-refractivity contribution >= 4 is 46.9 Å². The molecule has 2 aromatic carbocycles. The highest BCUT2D eigenvalue weighted by molar-refractivity contribution is 6.31. The molecule has 4 amide bonds. The van der Waals surface area contributed by atoms with Gasteiger partial charge in [0.25, 0.3) is 0 Å². The molecule has 2 N–H and O–H groups in total. The predicted octanol–water partition coefficient (Wildman–Crippen LogP) is 5.18. The Labute approximate surface area is 269 Å². The number of amides is 4. The average Bonchev–Trinajstić information content (AvgIpc) is 3.34. The van der Waals surface area contributed by atoms with E-state index in [2.05, 4.69) is 4.74 Å². The van der Waals surface area contributed by atoms with Gasteiger partial charge in [0.05, 0.1) is 33.9 Å². The van der Waals surface area contributed by atoms with Gasteiger partial charge in [-0.05, 0) is 68.5 Å². The summed E-state index contributed by atoms with van der Waals surface area (Å²) in [5.74, 6) is -10.9. The Morgan fingerprint density at radius 1 is 1.06 bits per heavy atom. The molecule has 0 spiro atoms. The number of imide groups is 2. The molecule has 0 aromatic heterocycles. The molecule has 6 rings (SSSR count). The monoisotopic (exact) mass is 678 g/mol. The van der Waals surface area contributed by atoms with Crippen LogP contribution in [0.1, 0.15) is 44.1 Å². The Morgan fingerprint density at radius 2 is 1.79 bits per heavy atom. The number of aromatic hydroxyl groups is 1. The standard InChI is InChI=1S/C32H27ClF4N2O8/c1-31-20(28(44)39(30(31)46)14-4-8-22(34)21(33)11-14)13-18-16(26(31)19-12-15(5-9-23(19)40)47-32(35,36)37)6-7-17-25(18)29(45)38(27(17)43)10-2-3-24(41)42/h4-6,8-9,11-12,17-18,20,25-26,40H,2-3,7,10,13H2,1H3,(H,41,42)/t17-,18+,20-,25-,26+,31+/m0/s1. The van der Waals surface area contributed by atoms with Gasteiger partial charge < -0.3 is 14.9 Å². The summed E-state index contributed by atoms with van der Waals surface area (Å²) in [6.07, 6.45) is -3.80. The number of anilines is 1. The molecule has 4 aliphatic rings. The van der Waals surface area contributed by atoms with Crippen LogP contribution < -0.4 is 9.64 Å². The van der Waals surface area contributed by atoms with Crippen LogP contribution in [0.5, 0.6) is 11.5 Å². The van der Waals surface area contributed by atoms with Gasteiger partial charge in [-0.3, -0.25) is 28.9 Å². The van der Waals surface area contributed by atoms with E-state index in [1.54, 1.807) is 6.08 Å². The molecule has 2 saturated heterocycles. The van der Waals surface area contributed by atoms with Gasteiger partial charge in [0.2, 0.25) is 23.6 Å². The second kappa shape index (κ2) is 11.4. The third kappa shape index (κ3) is 5.22. The quantitative estimate of drug-likeness (QED) is 0.232. The SMILES string of the molecule is C[C@@]12C(=O)N(c3ccc(F)c(Cl)c3)C(=O)[C@@H]1C[C@@H]1C(=CC[C@@H]3C(=O)N(CCCC(=O)O)C(=O)[C@@H]31)[C@@H]2c1cc(OC(F)(F)F)ccc1O. The van der Waals surface area contributed by atoms with Crippen LogP contribution in [0.4, 0.5) is 23.2 Å². The second-order valence-electron chi connectivity index (χ2n) is 12.4. The first-order chi connectivity index (χ1) is 22.0. The van der Waals surface area contributed by atoms with Crippen LogP contribution in [0.2, 0.25) is 5.02 Å². The number of halogens is 5. The first-order valence-corrected chi connectivity index (χ1v) is 15.1. The molecule has 0 unspecified atom stereocenters. The third-order valence-corrected chi connectivity index (χ3v) is 10.1. The fourth-order valence-corrected chi connectivity index (χ4v) is 8.04. The normalized spacial score (nSPS) is 28.6. The Bertz CT molecular complexity index is 1760. The molecule has 2 heterocycles. The van der Waals surface area contributed by atoms with Crippen LogP contribution in [0.3, 0.4) is 0 Å². The number of alkyl halides is 3. The van der Waals surface area contributed by atoms with Crippen molar-refractivity contribution in [1.82, 2.24) is 4.90 Å². The molecule has 47 heavy (non-hydrogen) atoms. The number of carboxylic acids is 1. The van der Waals surface area contributed by atoms with Crippen molar-refractivity contribution in [1.29, 1.82) is 0 Å². The van der Waals surface area contributed by atoms with E-state index in [-0.39, 0.29) is 48.5 Å². The maximum Gasteiger partial charge on any atom is 0.573 e. The molecule has 1 saturated carbocycles. The fourth-order valence-electron chi connectivity index (χ4n) is 7.86. The van der Waals surface area contributed by atoms with Crippen LogP contribution in [0.15, 0.2) is 48.0 Å². The summed E-state index contributed by atoms with van der Waals surface area (Å²) >= 11 is 5.97. The van der Waals surface area contributed by atoms with Crippen molar-refractivity contribution in [3.63, 3.8) is 0 Å². The number of phenols is 1. The lowest BCUT2D eigenvalue weighted by molar-refractivity contribution is -0.274. The molecule has 2 aromatic rings. The largest absolute Gasteiger partial charge is 0.573 e. The number of allylic oxidation sites excluding steroid dienone is 2. The number of fused-ring (bicyclic) bond motifs is 4. The fraction of sp³-hybridized carbons (Fsp3) is 0.406. The summed E-state index contributed by atoms with van der Waals surface area (Å²) < 4.78 is 57.9. The summed E-state index contributed by atoms with van der Waals surface area (Å²) in [6.45, 7) is 1.31. The number of likely N-dealkylation sites (tertiary alicyclic amines) is 1. The lowest BCUT2D eigenvalue weighted by atomic mass is 9.51. The van der Waals surface area contributed by atoms with Crippen molar-refractivity contribution in [2.75, 3.05) is 11.4 Å². The molecule has 0 radical (unpaired) electrons. The minimum absolute atomic E-state index is 0.0164. The summed E-state index contributed by atoms with van der Waals surface area (Å²) in [6, 6.07) is 6.03. The maximum absolute atomic E-state index is 14.4. The molecule has 3 fully saturated rings. The number of phenolic OH excluding ortho intramolecular Hbond substituents is 1. The van der Waals surface area contributed by atoms with Crippen molar-refractivity contribution in [2.45, 2.75) is 44.9 Å². The van der Waals surface area contributed by atoms with Crippen LogP contribution >= 0.6 is 11.6 Å². The first-order valence-electron chi connectivity index (χ1n) is 14.7. The second-order valence-corrected chi connectivity index (χ2v) is 12.8. The van der Waals surface area contributed by atoms with Crippen molar-refractivity contribution < 1.29 is 56.5 Å². The predicted molar refractivity (Wildman–Crippen MR) is 154 cm³/mol. The van der Waals surface area contributed by atoms with E-state index < -0.39 is 88.3 Å². The number of rotatable bonds is 7. The van der Waals surface area contributed by atoms with Crippen LogP contribution in [-0.2, 0) is 24.0 Å². The van der Waals surface area contributed by atoms with E-state index in [0.717, 1.165) is 40.1 Å². The Hall–Kier alpha value is -4.46. The molecule has 248 valence electrons. The zero-order chi connectivity index (χ0) is 34.2. The van der Waals surface area contributed by atoms with Gasteiger partial charge in [0.15, 0.2) is 0 Å². The van der Waals surface area contributed by atoms with E-state index in [1.165, 1.54) is 13.0 Å². The molecule has 2 aliphatic heterocycles. The summed E-state index contributed by atoms with van der Waals surface area (Å²) in [4.78, 5) is 68.6. The van der Waals surface area contributed by atoms with Gasteiger partial charge in [-0.25, -0.2) is 9.29 Å². The zero-order valence-corrected chi connectivity index (χ0v) is 25.3. The maximum atomic E-state index is 14.4. The summed E-state index contributed by atoms with van der Waals surface area (Å²) in [5, 5.41) is 19.7. The number of nitrogens with zero attached hydrogens (tertiary/aromatic N) is 2. The van der Waals surface area contributed by atoms with Gasteiger partial charge in [-0.1, -0.05) is 23.3 Å². The number of aliphatic carboxylic acids is 1. The van der Waals surface area contributed by atoms with Gasteiger partial charge in [-0.15, -0.1) is 13.2 Å². The van der Waals surface area contributed by atoms with E-state index in [1.807, 2.05) is 0 Å². The van der Waals surface area contributed by atoms with E-state index in [9.17, 15) is 46.6 Å². The number of hydrogen-bond acceptors (Lipinski definition) is 7. The van der Waals surface area contributed by atoms with E-state index in [0.29, 0.717) is 5.57 Å². The Morgan fingerprint density at radius 3 is 2.45 bits per heavy atom. The number of ether oxygens (including phenoxy) is 1. The number of hydrogen-bond donors (Lipinski definition) is 2. The van der Waals surface area contributed by atoms with Gasteiger partial charge >= 0.3 is 12.3 Å². The first kappa shape index (κ1) is 32.5. The lowest BCUT2D eigenvalue weighted by Crippen LogP contribution is -2.49. The number of carbonyl (C=O) groups is 5. The summed E-state index contributed by atoms with van der Waals surface area (Å²) in [5.41, 5.74) is -1.55. The third-order valence-electron chi connectivity index (χ3n) is 9.84. The van der Waals surface area contributed by atoms with Gasteiger partial charge in [0.1, 0.15) is 17.3 Å². The van der Waals surface area contributed by atoms with Crippen LogP contribution in [0.25, 0.3) is 0 Å². The molecule has 2 aliphatic carbocycles. The van der Waals surface area contributed by atoms with Gasteiger partial charge in [0, 0.05) is 24.4 Å². The molecule has 10 nitrogen and oxygen atoms in total. The van der Waals surface area contributed by atoms with E-state index >= 15 is 0 Å². The topological polar surface area (TPSA) is 142 Å². The molecule has 6 atom stereocenters. The van der Waals surface area contributed by atoms with Crippen molar-refractivity contribution in [2.24, 2.45) is 29.1 Å². The number of carboxylic acid groups (broad SMARTS) is 1. The van der Waals surface area contributed by atoms with Crippen molar-refractivity contribution in [3.05, 3.63) is 64.5 Å². The number of benzene rings is 2.